The third-order valence-corrected chi connectivity index (χ3v) is 10.9. The Morgan fingerprint density at radius 1 is 0.327 bits per heavy atom. The summed E-state index contributed by atoms with van der Waals surface area (Å²) in [5.41, 5.74) is 13.8. The van der Waals surface area contributed by atoms with E-state index in [1.165, 1.54) is 10.8 Å². The van der Waals surface area contributed by atoms with Crippen molar-refractivity contribution in [2.24, 2.45) is 0 Å². The zero-order valence-corrected chi connectivity index (χ0v) is 29.8. The van der Waals surface area contributed by atoms with Crippen LogP contribution in [0.15, 0.2) is 209 Å². The third kappa shape index (κ3) is 5.20. The number of benzene rings is 9. The molecule has 0 bridgehead atoms. The summed E-state index contributed by atoms with van der Waals surface area (Å²) >= 11 is 0. The molecule has 0 aliphatic carbocycles. The van der Waals surface area contributed by atoms with Crippen molar-refractivity contribution in [2.75, 3.05) is 4.90 Å². The lowest BCUT2D eigenvalue weighted by molar-refractivity contribution is 0.669. The fourth-order valence-electron chi connectivity index (χ4n) is 8.26. The first-order chi connectivity index (χ1) is 27.3. The summed E-state index contributed by atoms with van der Waals surface area (Å²) in [6.45, 7) is 0. The van der Waals surface area contributed by atoms with Crippen LogP contribution in [0.25, 0.3) is 88.0 Å². The molecule has 9 aromatic carbocycles. The topological polar surface area (TPSA) is 29.5 Å². The molecule has 2 aromatic heterocycles. The highest BCUT2D eigenvalue weighted by molar-refractivity contribution is 6.13. The van der Waals surface area contributed by atoms with Crippen LogP contribution < -0.4 is 4.90 Å². The molecule has 0 N–H and O–H groups in total. The van der Waals surface area contributed by atoms with Crippen LogP contribution >= 0.6 is 0 Å². The van der Waals surface area contributed by atoms with Gasteiger partial charge < -0.3 is 13.7 Å². The van der Waals surface area contributed by atoms with E-state index >= 15 is 0 Å². The normalized spacial score (nSPS) is 11.6. The SMILES string of the molecule is c1ccc(-c2cccc3c2oc2ccc(-c4ccc(N(c5ccc(-c6cccc7oc8ccccc8c67)cc5)c5cccc6ccccc56)cc4)cc23)cc1. The van der Waals surface area contributed by atoms with Gasteiger partial charge >= 0.3 is 0 Å². The Hall–Kier alpha value is -7.36. The van der Waals surface area contributed by atoms with Gasteiger partial charge in [-0.05, 0) is 87.8 Å². The zero-order chi connectivity index (χ0) is 36.3. The summed E-state index contributed by atoms with van der Waals surface area (Å²) in [6, 6.07) is 70.9. The molecule has 0 amide bonds. The molecule has 0 aliphatic rings. The number of anilines is 3. The smallest absolute Gasteiger partial charge is 0.143 e. The number of rotatable bonds is 6. The molecular weight excluding hydrogens is 671 g/mol. The number of fused-ring (bicyclic) bond motifs is 7. The number of hydrogen-bond acceptors (Lipinski definition) is 3. The number of furan rings is 2. The minimum Gasteiger partial charge on any atom is -0.456 e. The van der Waals surface area contributed by atoms with Gasteiger partial charge in [-0.2, -0.15) is 0 Å². The zero-order valence-electron chi connectivity index (χ0n) is 29.8. The lowest BCUT2D eigenvalue weighted by Gasteiger charge is -2.27. The Balaban J connectivity index is 0.998. The Labute approximate surface area is 317 Å². The monoisotopic (exact) mass is 703 g/mol. The van der Waals surface area contributed by atoms with Gasteiger partial charge in [0.25, 0.3) is 0 Å². The first-order valence-corrected chi connectivity index (χ1v) is 18.7. The summed E-state index contributed by atoms with van der Waals surface area (Å²) in [6.07, 6.45) is 0. The number of nitrogens with zero attached hydrogens (tertiary/aromatic N) is 1. The van der Waals surface area contributed by atoms with Gasteiger partial charge in [0.1, 0.15) is 22.3 Å². The maximum Gasteiger partial charge on any atom is 0.143 e. The Bertz CT molecular complexity index is 3180. The largest absolute Gasteiger partial charge is 0.456 e. The van der Waals surface area contributed by atoms with Gasteiger partial charge in [-0.3, -0.25) is 0 Å². The fraction of sp³-hybridized carbons (Fsp3) is 0. The van der Waals surface area contributed by atoms with Crippen molar-refractivity contribution in [3.8, 4) is 33.4 Å². The molecule has 0 fully saturated rings. The third-order valence-electron chi connectivity index (χ3n) is 10.9. The van der Waals surface area contributed by atoms with Crippen LogP contribution in [-0.4, -0.2) is 0 Å². The first kappa shape index (κ1) is 31.2. The van der Waals surface area contributed by atoms with E-state index in [1.54, 1.807) is 0 Å². The van der Waals surface area contributed by atoms with Crippen molar-refractivity contribution < 1.29 is 8.83 Å². The van der Waals surface area contributed by atoms with E-state index in [9.17, 15) is 0 Å². The summed E-state index contributed by atoms with van der Waals surface area (Å²) in [5, 5.41) is 6.91. The minimum absolute atomic E-state index is 0.890. The molecule has 0 saturated heterocycles. The quantitative estimate of drug-likeness (QED) is 0.173. The molecule has 0 saturated carbocycles. The summed E-state index contributed by atoms with van der Waals surface area (Å²) in [4.78, 5) is 2.36. The van der Waals surface area contributed by atoms with Crippen LogP contribution in [0.1, 0.15) is 0 Å². The standard InChI is InChI=1S/C52H33NO2/c1-2-11-36(12-3-1)43-18-9-19-44-46-33-38(27-32-49(46)55-52(43)44)34-23-28-39(29-24-34)53(47-20-8-14-35-13-4-5-15-41(35)47)40-30-25-37(26-31-40)42-17-10-22-50-51(42)45-16-6-7-21-48(45)54-50/h1-33H. The van der Waals surface area contributed by atoms with E-state index in [1.807, 2.05) is 18.2 Å². The molecule has 3 heteroatoms. The molecule has 11 rings (SSSR count). The molecule has 11 aromatic rings. The maximum atomic E-state index is 6.47. The van der Waals surface area contributed by atoms with Crippen LogP contribution in [0.5, 0.6) is 0 Å². The molecule has 0 atom stereocenters. The van der Waals surface area contributed by atoms with Crippen LogP contribution in [0.3, 0.4) is 0 Å². The predicted molar refractivity (Wildman–Crippen MR) is 229 cm³/mol. The lowest BCUT2D eigenvalue weighted by atomic mass is 9.98. The van der Waals surface area contributed by atoms with Crippen molar-refractivity contribution in [3.05, 3.63) is 200 Å². The van der Waals surface area contributed by atoms with Gasteiger partial charge in [-0.1, -0.05) is 146 Å². The fourth-order valence-corrected chi connectivity index (χ4v) is 8.26. The molecule has 258 valence electrons. The Morgan fingerprint density at radius 3 is 1.75 bits per heavy atom. The van der Waals surface area contributed by atoms with Crippen molar-refractivity contribution in [2.45, 2.75) is 0 Å². The predicted octanol–water partition coefficient (Wildman–Crippen LogP) is 15.1. The molecule has 0 spiro atoms. The van der Waals surface area contributed by atoms with Crippen LogP contribution in [0.4, 0.5) is 17.1 Å². The summed E-state index contributed by atoms with van der Waals surface area (Å²) < 4.78 is 12.7. The van der Waals surface area contributed by atoms with Crippen LogP contribution in [0.2, 0.25) is 0 Å². The van der Waals surface area contributed by atoms with E-state index in [4.69, 9.17) is 8.83 Å². The van der Waals surface area contributed by atoms with Gasteiger partial charge in [-0.25, -0.2) is 0 Å². The minimum atomic E-state index is 0.890. The molecular formula is C52H33NO2. The lowest BCUT2D eigenvalue weighted by Crippen LogP contribution is -2.10. The highest BCUT2D eigenvalue weighted by atomic mass is 16.3. The summed E-state index contributed by atoms with van der Waals surface area (Å²) in [5.74, 6) is 0. The van der Waals surface area contributed by atoms with Crippen LogP contribution in [-0.2, 0) is 0 Å². The van der Waals surface area contributed by atoms with Gasteiger partial charge in [0.05, 0.1) is 5.69 Å². The Morgan fingerprint density at radius 2 is 0.909 bits per heavy atom. The van der Waals surface area contributed by atoms with Gasteiger partial charge in [0.2, 0.25) is 0 Å². The van der Waals surface area contributed by atoms with E-state index in [2.05, 4.69) is 187 Å². The van der Waals surface area contributed by atoms with E-state index in [-0.39, 0.29) is 0 Å². The summed E-state index contributed by atoms with van der Waals surface area (Å²) in [7, 11) is 0. The molecule has 55 heavy (non-hydrogen) atoms. The molecule has 0 radical (unpaired) electrons. The highest BCUT2D eigenvalue weighted by Crippen LogP contribution is 2.43. The van der Waals surface area contributed by atoms with Crippen molar-refractivity contribution in [3.63, 3.8) is 0 Å². The second kappa shape index (κ2) is 12.6. The van der Waals surface area contributed by atoms with E-state index in [0.29, 0.717) is 0 Å². The molecule has 3 nitrogen and oxygen atoms in total. The van der Waals surface area contributed by atoms with Gasteiger partial charge in [-0.15, -0.1) is 0 Å². The van der Waals surface area contributed by atoms with Gasteiger partial charge in [0.15, 0.2) is 0 Å². The van der Waals surface area contributed by atoms with Crippen LogP contribution in [0, 0.1) is 0 Å². The van der Waals surface area contributed by atoms with Crippen molar-refractivity contribution in [1.82, 2.24) is 0 Å². The maximum absolute atomic E-state index is 6.47. The number of hydrogen-bond donors (Lipinski definition) is 0. The van der Waals surface area contributed by atoms with E-state index in [0.717, 1.165) is 94.3 Å². The highest BCUT2D eigenvalue weighted by Gasteiger charge is 2.18. The first-order valence-electron chi connectivity index (χ1n) is 18.7. The van der Waals surface area contributed by atoms with Gasteiger partial charge in [0, 0.05) is 43.9 Å². The van der Waals surface area contributed by atoms with Crippen molar-refractivity contribution >= 4 is 71.7 Å². The van der Waals surface area contributed by atoms with E-state index < -0.39 is 0 Å². The molecule has 0 unspecified atom stereocenters. The molecule has 2 heterocycles. The van der Waals surface area contributed by atoms with Crippen molar-refractivity contribution in [1.29, 1.82) is 0 Å². The number of para-hydroxylation sites is 2. The Kier molecular flexibility index (Phi) is 7.17. The average molecular weight is 704 g/mol. The second-order valence-electron chi connectivity index (χ2n) is 14.1. The average Bonchev–Trinajstić information content (AvgIpc) is 3.83. The molecule has 0 aliphatic heterocycles. The second-order valence-corrected chi connectivity index (χ2v) is 14.1.